The maximum Gasteiger partial charge on any atom is 0.0579 e. The lowest BCUT2D eigenvalue weighted by Gasteiger charge is -2.52. The van der Waals surface area contributed by atoms with Gasteiger partial charge >= 0.3 is 0 Å². The molecule has 3 fully saturated rings. The first-order valence-electron chi connectivity index (χ1n) is 8.07. The van der Waals surface area contributed by atoms with Crippen LogP contribution in [0.1, 0.15) is 45.4 Å². The Kier molecular flexibility index (Phi) is 4.13. The van der Waals surface area contributed by atoms with E-state index in [4.69, 9.17) is 16.2 Å². The number of hydrogen-bond donors (Lipinski definition) is 3. The third kappa shape index (κ3) is 2.68. The van der Waals surface area contributed by atoms with Crippen LogP contribution in [0.4, 0.5) is 0 Å². The van der Waals surface area contributed by atoms with E-state index in [1.54, 1.807) is 0 Å². The van der Waals surface area contributed by atoms with Crippen LogP contribution in [0.25, 0.3) is 0 Å². The summed E-state index contributed by atoms with van der Waals surface area (Å²) in [4.78, 5) is 0. The van der Waals surface area contributed by atoms with Crippen molar-refractivity contribution in [2.45, 2.75) is 75.7 Å². The summed E-state index contributed by atoms with van der Waals surface area (Å²) in [5, 5.41) is 3.87. The molecule has 0 bridgehead atoms. The van der Waals surface area contributed by atoms with E-state index < -0.39 is 0 Å². The second-order valence-corrected chi connectivity index (χ2v) is 6.75. The summed E-state index contributed by atoms with van der Waals surface area (Å²) in [6.07, 6.45) is 7.41. The standard InChI is InChI=1S/C15H29N3O/c1-2-19-10-4-6-13-12(8-10)15(17)11-5-3-9(16)7-14(11)18-13/h9-15,18H,2-8,16-17H2,1H3. The highest BCUT2D eigenvalue weighted by atomic mass is 16.5. The Morgan fingerprint density at radius 2 is 1.84 bits per heavy atom. The minimum Gasteiger partial charge on any atom is -0.378 e. The first kappa shape index (κ1) is 13.8. The molecule has 0 amide bonds. The smallest absolute Gasteiger partial charge is 0.0579 e. The lowest BCUT2D eigenvalue weighted by atomic mass is 9.65. The van der Waals surface area contributed by atoms with Gasteiger partial charge in [0.15, 0.2) is 0 Å². The van der Waals surface area contributed by atoms with E-state index in [-0.39, 0.29) is 0 Å². The normalized spacial score (nSPS) is 50.4. The van der Waals surface area contributed by atoms with Gasteiger partial charge in [0.2, 0.25) is 0 Å². The van der Waals surface area contributed by atoms with Gasteiger partial charge in [-0.3, -0.25) is 0 Å². The number of fused-ring (bicyclic) bond motifs is 2. The average molecular weight is 267 g/mol. The second kappa shape index (κ2) is 5.68. The highest BCUT2D eigenvalue weighted by molar-refractivity contribution is 5.04. The molecule has 110 valence electrons. The molecule has 2 aliphatic carbocycles. The zero-order valence-corrected chi connectivity index (χ0v) is 12.1. The van der Waals surface area contributed by atoms with E-state index in [1.165, 1.54) is 19.3 Å². The lowest BCUT2D eigenvalue weighted by Crippen LogP contribution is -2.66. The first-order valence-corrected chi connectivity index (χ1v) is 8.07. The summed E-state index contributed by atoms with van der Waals surface area (Å²) < 4.78 is 5.83. The van der Waals surface area contributed by atoms with Crippen LogP contribution in [0.3, 0.4) is 0 Å². The second-order valence-electron chi connectivity index (χ2n) is 6.75. The number of piperidine rings is 1. The van der Waals surface area contributed by atoms with Gasteiger partial charge in [0, 0.05) is 30.8 Å². The van der Waals surface area contributed by atoms with E-state index in [9.17, 15) is 0 Å². The average Bonchev–Trinajstić information content (AvgIpc) is 2.40. The Morgan fingerprint density at radius 1 is 1.00 bits per heavy atom. The number of nitrogens with one attached hydrogen (secondary N) is 1. The van der Waals surface area contributed by atoms with E-state index in [0.29, 0.717) is 42.1 Å². The van der Waals surface area contributed by atoms with Crippen molar-refractivity contribution in [1.82, 2.24) is 5.32 Å². The first-order chi connectivity index (χ1) is 9.19. The van der Waals surface area contributed by atoms with Crippen LogP contribution in [-0.4, -0.2) is 36.9 Å². The van der Waals surface area contributed by atoms with Crippen LogP contribution in [0.2, 0.25) is 0 Å². The quantitative estimate of drug-likeness (QED) is 0.697. The van der Waals surface area contributed by atoms with Crippen molar-refractivity contribution in [3.05, 3.63) is 0 Å². The van der Waals surface area contributed by atoms with Crippen LogP contribution in [0.5, 0.6) is 0 Å². The third-order valence-corrected chi connectivity index (χ3v) is 5.62. The van der Waals surface area contributed by atoms with Crippen LogP contribution in [0.15, 0.2) is 0 Å². The zero-order chi connectivity index (χ0) is 13.4. The van der Waals surface area contributed by atoms with Crippen molar-refractivity contribution < 1.29 is 4.74 Å². The molecule has 2 saturated carbocycles. The molecule has 7 atom stereocenters. The van der Waals surface area contributed by atoms with Crippen LogP contribution in [0, 0.1) is 11.8 Å². The maximum atomic E-state index is 6.61. The van der Waals surface area contributed by atoms with Gasteiger partial charge in [-0.05, 0) is 57.3 Å². The Labute approximate surface area is 116 Å². The summed E-state index contributed by atoms with van der Waals surface area (Å²) >= 11 is 0. The SMILES string of the molecule is CCOC1CCC2NC3CC(N)CCC3C(N)C2C1. The van der Waals surface area contributed by atoms with Gasteiger partial charge in [-0.2, -0.15) is 0 Å². The van der Waals surface area contributed by atoms with Crippen molar-refractivity contribution in [2.75, 3.05) is 6.61 Å². The van der Waals surface area contributed by atoms with Crippen molar-refractivity contribution in [3.63, 3.8) is 0 Å². The molecule has 3 rings (SSSR count). The molecule has 0 radical (unpaired) electrons. The highest BCUT2D eigenvalue weighted by Crippen LogP contribution is 2.40. The van der Waals surface area contributed by atoms with E-state index in [0.717, 1.165) is 25.9 Å². The molecule has 19 heavy (non-hydrogen) atoms. The van der Waals surface area contributed by atoms with Crippen molar-refractivity contribution >= 4 is 0 Å². The number of hydrogen-bond acceptors (Lipinski definition) is 4. The molecule has 3 aliphatic rings. The van der Waals surface area contributed by atoms with Gasteiger partial charge in [0.1, 0.15) is 0 Å². The molecule has 4 nitrogen and oxygen atoms in total. The Bertz CT molecular complexity index is 312. The van der Waals surface area contributed by atoms with Gasteiger partial charge in [-0.1, -0.05) is 0 Å². The molecule has 0 aromatic rings. The zero-order valence-electron chi connectivity index (χ0n) is 12.1. The molecular formula is C15H29N3O. The maximum absolute atomic E-state index is 6.61. The fourth-order valence-electron chi connectivity index (χ4n) is 4.66. The Hall–Kier alpha value is -0.160. The summed E-state index contributed by atoms with van der Waals surface area (Å²) in [6.45, 7) is 2.91. The number of nitrogens with two attached hydrogens (primary N) is 2. The minimum absolute atomic E-state index is 0.340. The number of ether oxygens (including phenoxy) is 1. The van der Waals surface area contributed by atoms with Crippen LogP contribution >= 0.6 is 0 Å². The van der Waals surface area contributed by atoms with E-state index in [1.807, 2.05) is 0 Å². The molecule has 5 N–H and O–H groups in total. The van der Waals surface area contributed by atoms with Crippen molar-refractivity contribution in [2.24, 2.45) is 23.3 Å². The summed E-state index contributed by atoms with van der Waals surface area (Å²) in [7, 11) is 0. The van der Waals surface area contributed by atoms with Gasteiger partial charge in [0.25, 0.3) is 0 Å². The Balaban J connectivity index is 1.67. The minimum atomic E-state index is 0.340. The fourth-order valence-corrected chi connectivity index (χ4v) is 4.66. The molecule has 0 aromatic carbocycles. The predicted octanol–water partition coefficient (Wildman–Crippen LogP) is 0.987. The molecule has 0 spiro atoms. The van der Waals surface area contributed by atoms with E-state index >= 15 is 0 Å². The highest BCUT2D eigenvalue weighted by Gasteiger charge is 2.46. The molecule has 1 aliphatic heterocycles. The summed E-state index contributed by atoms with van der Waals surface area (Å²) in [5.41, 5.74) is 12.7. The molecular weight excluding hydrogens is 238 g/mol. The van der Waals surface area contributed by atoms with E-state index in [2.05, 4.69) is 12.2 Å². The summed E-state index contributed by atoms with van der Waals surface area (Å²) in [6, 6.07) is 1.87. The monoisotopic (exact) mass is 267 g/mol. The largest absolute Gasteiger partial charge is 0.378 e. The predicted molar refractivity (Wildman–Crippen MR) is 76.8 cm³/mol. The van der Waals surface area contributed by atoms with Gasteiger partial charge < -0.3 is 21.5 Å². The van der Waals surface area contributed by atoms with Gasteiger partial charge in [-0.25, -0.2) is 0 Å². The topological polar surface area (TPSA) is 73.3 Å². The third-order valence-electron chi connectivity index (χ3n) is 5.62. The molecule has 0 aromatic heterocycles. The van der Waals surface area contributed by atoms with Crippen molar-refractivity contribution in [3.8, 4) is 0 Å². The number of rotatable bonds is 2. The molecule has 7 unspecified atom stereocenters. The fraction of sp³-hybridized carbons (Fsp3) is 1.00. The van der Waals surface area contributed by atoms with Crippen LogP contribution < -0.4 is 16.8 Å². The van der Waals surface area contributed by atoms with Crippen molar-refractivity contribution in [1.29, 1.82) is 0 Å². The molecule has 1 heterocycles. The lowest BCUT2D eigenvalue weighted by molar-refractivity contribution is -0.0229. The Morgan fingerprint density at radius 3 is 2.63 bits per heavy atom. The van der Waals surface area contributed by atoms with Gasteiger partial charge in [-0.15, -0.1) is 0 Å². The van der Waals surface area contributed by atoms with Crippen LogP contribution in [-0.2, 0) is 4.74 Å². The summed E-state index contributed by atoms with van der Waals surface area (Å²) in [5.74, 6) is 1.22. The van der Waals surface area contributed by atoms with Gasteiger partial charge in [0.05, 0.1) is 6.10 Å². The molecule has 4 heteroatoms. The molecule has 1 saturated heterocycles.